The van der Waals surface area contributed by atoms with E-state index in [1.807, 2.05) is 0 Å². The summed E-state index contributed by atoms with van der Waals surface area (Å²) < 4.78 is 16.9. The van der Waals surface area contributed by atoms with Crippen molar-refractivity contribution in [2.24, 2.45) is 0 Å². The Morgan fingerprint density at radius 1 is 0.256 bits per heavy atom. The summed E-state index contributed by atoms with van der Waals surface area (Å²) in [5.74, 6) is -0.881. The van der Waals surface area contributed by atoms with E-state index in [0.29, 0.717) is 19.3 Å². The molecule has 0 bridgehead atoms. The summed E-state index contributed by atoms with van der Waals surface area (Å²) in [7, 11) is 0. The largest absolute Gasteiger partial charge is 0.462 e. The lowest BCUT2D eigenvalue weighted by molar-refractivity contribution is -0.167. The molecule has 1 atom stereocenters. The van der Waals surface area contributed by atoms with Gasteiger partial charge in [-0.25, -0.2) is 0 Å². The van der Waals surface area contributed by atoms with Crippen LogP contribution in [0.4, 0.5) is 0 Å². The summed E-state index contributed by atoms with van der Waals surface area (Å²) in [4.78, 5) is 38.3. The van der Waals surface area contributed by atoms with Gasteiger partial charge in [0.1, 0.15) is 13.2 Å². The molecule has 78 heavy (non-hydrogen) atoms. The Balaban J connectivity index is 4.24. The van der Waals surface area contributed by atoms with Gasteiger partial charge >= 0.3 is 17.9 Å². The van der Waals surface area contributed by atoms with Gasteiger partial charge in [0.2, 0.25) is 0 Å². The van der Waals surface area contributed by atoms with Gasteiger partial charge in [-0.05, 0) is 116 Å². The van der Waals surface area contributed by atoms with E-state index in [1.54, 1.807) is 0 Å². The van der Waals surface area contributed by atoms with Gasteiger partial charge < -0.3 is 14.2 Å². The van der Waals surface area contributed by atoms with Crippen LogP contribution in [0.15, 0.2) is 72.9 Å². The molecule has 0 aliphatic heterocycles. The molecule has 0 fully saturated rings. The van der Waals surface area contributed by atoms with Crippen molar-refractivity contribution in [3.63, 3.8) is 0 Å². The van der Waals surface area contributed by atoms with Crippen LogP contribution in [0, 0.1) is 0 Å². The van der Waals surface area contributed by atoms with Crippen LogP contribution in [0.1, 0.15) is 348 Å². The topological polar surface area (TPSA) is 78.9 Å². The molecule has 0 aromatic carbocycles. The Hall–Kier alpha value is -3.15. The van der Waals surface area contributed by atoms with Crippen LogP contribution in [0.3, 0.4) is 0 Å². The Labute approximate surface area is 484 Å². The molecule has 0 aromatic heterocycles. The van der Waals surface area contributed by atoms with Gasteiger partial charge in [0.05, 0.1) is 0 Å². The Morgan fingerprint density at radius 2 is 0.462 bits per heavy atom. The molecule has 0 aliphatic rings. The van der Waals surface area contributed by atoms with E-state index in [-0.39, 0.29) is 31.1 Å². The van der Waals surface area contributed by atoms with E-state index in [0.717, 1.165) is 89.9 Å². The number of carbonyl (C=O) groups excluding carboxylic acids is 3. The first-order chi connectivity index (χ1) is 38.5. The van der Waals surface area contributed by atoms with Gasteiger partial charge in [-0.15, -0.1) is 0 Å². The highest BCUT2D eigenvalue weighted by Gasteiger charge is 2.19. The first kappa shape index (κ1) is 74.8. The average molecular weight is 1090 g/mol. The molecule has 6 nitrogen and oxygen atoms in total. The molecular formula is C72H128O6. The molecular weight excluding hydrogens is 961 g/mol. The van der Waals surface area contributed by atoms with Gasteiger partial charge in [-0.3, -0.25) is 14.4 Å². The molecule has 0 aliphatic carbocycles. The number of esters is 3. The van der Waals surface area contributed by atoms with Crippen molar-refractivity contribution in [3.8, 4) is 0 Å². The fraction of sp³-hybridized carbons (Fsp3) is 0.792. The molecule has 0 rings (SSSR count). The van der Waals surface area contributed by atoms with E-state index in [4.69, 9.17) is 14.2 Å². The van der Waals surface area contributed by atoms with Crippen LogP contribution in [0.2, 0.25) is 0 Å². The minimum absolute atomic E-state index is 0.0794. The Kier molecular flexibility index (Phi) is 63.7. The minimum atomic E-state index is -0.784. The highest BCUT2D eigenvalue weighted by atomic mass is 16.6. The minimum Gasteiger partial charge on any atom is -0.462 e. The molecule has 0 N–H and O–H groups in total. The number of rotatable bonds is 62. The first-order valence-electron chi connectivity index (χ1n) is 33.9. The molecule has 0 aromatic rings. The maximum atomic E-state index is 12.9. The summed E-state index contributed by atoms with van der Waals surface area (Å²) in [6, 6.07) is 0. The number of allylic oxidation sites excluding steroid dienone is 12. The maximum Gasteiger partial charge on any atom is 0.306 e. The fourth-order valence-electron chi connectivity index (χ4n) is 9.77. The SMILES string of the molecule is CCCCCC/C=C\C/C=C\CCCCCCCCCC(=O)OC(COC(=O)CCCCCCC/C=C\CCCCCC)COC(=O)CCCCCCCCCCCCCCCC/C=C\C/C=C\C/C=C\CCCCCCC. The second-order valence-electron chi connectivity index (χ2n) is 22.7. The standard InChI is InChI=1S/C72H128O6/c1-4-7-10-13-16-19-22-25-27-29-31-32-33-34-35-36-37-38-39-40-41-43-44-47-50-53-56-59-62-65-71(74)77-68-69(67-76-70(73)64-61-58-55-52-49-46-24-21-18-15-12-9-6-3)78-72(75)66-63-60-57-54-51-48-45-42-30-28-26-23-20-17-14-11-8-5-2/h20-25,28-31,33-34,69H,4-19,26-27,32,35-68H2,1-3H3/b23-20-,24-21-,25-22-,30-28-,31-29-,34-33-. The predicted molar refractivity (Wildman–Crippen MR) is 339 cm³/mol. The average Bonchev–Trinajstić information content (AvgIpc) is 3.44. The summed E-state index contributed by atoms with van der Waals surface area (Å²) in [6.07, 6.45) is 86.3. The highest BCUT2D eigenvalue weighted by Crippen LogP contribution is 2.17. The van der Waals surface area contributed by atoms with Gasteiger partial charge in [-0.2, -0.15) is 0 Å². The van der Waals surface area contributed by atoms with Crippen molar-refractivity contribution in [2.45, 2.75) is 354 Å². The molecule has 0 radical (unpaired) electrons. The molecule has 0 spiro atoms. The first-order valence-corrected chi connectivity index (χ1v) is 33.9. The summed E-state index contributed by atoms with van der Waals surface area (Å²) >= 11 is 0. The highest BCUT2D eigenvalue weighted by molar-refractivity contribution is 5.71. The van der Waals surface area contributed by atoms with Crippen molar-refractivity contribution in [1.82, 2.24) is 0 Å². The van der Waals surface area contributed by atoms with Crippen molar-refractivity contribution < 1.29 is 28.6 Å². The Morgan fingerprint density at radius 3 is 0.744 bits per heavy atom. The molecule has 452 valence electrons. The van der Waals surface area contributed by atoms with E-state index in [9.17, 15) is 14.4 Å². The van der Waals surface area contributed by atoms with Crippen molar-refractivity contribution in [3.05, 3.63) is 72.9 Å². The summed E-state index contributed by atoms with van der Waals surface area (Å²) in [6.45, 7) is 6.62. The quantitative estimate of drug-likeness (QED) is 0.0261. The molecule has 1 unspecified atom stereocenters. The van der Waals surface area contributed by atoms with Crippen LogP contribution >= 0.6 is 0 Å². The maximum absolute atomic E-state index is 12.9. The lowest BCUT2D eigenvalue weighted by Crippen LogP contribution is -2.30. The summed E-state index contributed by atoms with van der Waals surface area (Å²) in [5.41, 5.74) is 0. The van der Waals surface area contributed by atoms with Gasteiger partial charge in [-0.1, -0.05) is 286 Å². The summed E-state index contributed by atoms with van der Waals surface area (Å²) in [5, 5.41) is 0. The molecule has 0 heterocycles. The predicted octanol–water partition coefficient (Wildman–Crippen LogP) is 23.3. The Bertz CT molecular complexity index is 1440. The van der Waals surface area contributed by atoms with Gasteiger partial charge in [0.25, 0.3) is 0 Å². The third-order valence-electron chi connectivity index (χ3n) is 14.9. The second-order valence-corrected chi connectivity index (χ2v) is 22.7. The monoisotopic (exact) mass is 1090 g/mol. The fourth-order valence-corrected chi connectivity index (χ4v) is 9.77. The second kappa shape index (κ2) is 66.4. The van der Waals surface area contributed by atoms with Crippen molar-refractivity contribution in [2.75, 3.05) is 13.2 Å². The lowest BCUT2D eigenvalue weighted by Gasteiger charge is -2.18. The number of ether oxygens (including phenoxy) is 3. The van der Waals surface area contributed by atoms with Gasteiger partial charge in [0, 0.05) is 19.3 Å². The lowest BCUT2D eigenvalue weighted by atomic mass is 10.0. The van der Waals surface area contributed by atoms with Crippen molar-refractivity contribution in [1.29, 1.82) is 0 Å². The van der Waals surface area contributed by atoms with Crippen molar-refractivity contribution >= 4 is 17.9 Å². The molecule has 0 saturated heterocycles. The number of hydrogen-bond acceptors (Lipinski definition) is 6. The molecule has 0 amide bonds. The molecule has 6 heteroatoms. The van der Waals surface area contributed by atoms with E-state index >= 15 is 0 Å². The zero-order valence-corrected chi connectivity index (χ0v) is 51.9. The normalized spacial score (nSPS) is 12.5. The number of hydrogen-bond donors (Lipinski definition) is 0. The molecule has 0 saturated carbocycles. The number of unbranched alkanes of at least 4 members (excludes halogenated alkanes) is 39. The third kappa shape index (κ3) is 63.7. The van der Waals surface area contributed by atoms with Crippen LogP contribution in [0.5, 0.6) is 0 Å². The van der Waals surface area contributed by atoms with E-state index in [2.05, 4.69) is 93.7 Å². The van der Waals surface area contributed by atoms with Gasteiger partial charge in [0.15, 0.2) is 6.10 Å². The number of carbonyl (C=O) groups is 3. The van der Waals surface area contributed by atoms with Crippen LogP contribution in [-0.4, -0.2) is 37.2 Å². The van der Waals surface area contributed by atoms with E-state index < -0.39 is 6.10 Å². The van der Waals surface area contributed by atoms with Crippen LogP contribution in [0.25, 0.3) is 0 Å². The van der Waals surface area contributed by atoms with Crippen LogP contribution in [-0.2, 0) is 28.6 Å². The smallest absolute Gasteiger partial charge is 0.306 e. The third-order valence-corrected chi connectivity index (χ3v) is 14.9. The van der Waals surface area contributed by atoms with E-state index in [1.165, 1.54) is 218 Å². The van der Waals surface area contributed by atoms with Crippen LogP contribution < -0.4 is 0 Å². The zero-order chi connectivity index (χ0) is 56.4. The zero-order valence-electron chi connectivity index (χ0n) is 51.9.